The minimum absolute atomic E-state index is 2.03. The quantitative estimate of drug-likeness (QED) is 0.553. The van der Waals surface area contributed by atoms with Crippen molar-refractivity contribution >= 4 is 43.3 Å². The molecule has 0 rings (SSSR count). The van der Waals surface area contributed by atoms with Crippen LogP contribution < -0.4 is 0 Å². The molecule has 0 fully saturated rings. The van der Waals surface area contributed by atoms with Gasteiger partial charge in [-0.25, -0.2) is 0 Å². The molecule has 0 aromatic carbocycles. The molecule has 0 saturated heterocycles. The van der Waals surface area contributed by atoms with Crippen molar-refractivity contribution in [2.45, 2.75) is 0 Å². The van der Waals surface area contributed by atoms with Gasteiger partial charge in [0.25, 0.3) is 0 Å². The fraction of sp³-hybridized carbons (Fsp3) is 0. The van der Waals surface area contributed by atoms with E-state index in [0.29, 0.717) is 0 Å². The van der Waals surface area contributed by atoms with Gasteiger partial charge in [-0.2, -0.15) is 0 Å². The third kappa shape index (κ3) is 9.35. The van der Waals surface area contributed by atoms with Crippen molar-refractivity contribution in [3.63, 3.8) is 0 Å². The first-order valence-corrected chi connectivity index (χ1v) is 10.2. The van der Waals surface area contributed by atoms with Crippen LogP contribution in [0.5, 0.6) is 0 Å². The Kier molecular flexibility index (Phi) is 4.13. The SMILES string of the molecule is [Cl][Sb+2]([Cl])[Cl]. The van der Waals surface area contributed by atoms with Gasteiger partial charge in [0.15, 0.2) is 0 Å². The Morgan fingerprint density at radius 2 is 1.00 bits per heavy atom. The molecular weight excluding hydrogens is 228 g/mol. The molecule has 0 aliphatic heterocycles. The summed E-state index contributed by atoms with van der Waals surface area (Å²) < 4.78 is 0. The van der Waals surface area contributed by atoms with E-state index in [0.717, 1.165) is 0 Å². The molecule has 0 radical (unpaired) electrons. The summed E-state index contributed by atoms with van der Waals surface area (Å²) >= 11 is -2.03. The van der Waals surface area contributed by atoms with E-state index in [1.807, 2.05) is 0 Å². The molecule has 0 atom stereocenters. The van der Waals surface area contributed by atoms with Crippen molar-refractivity contribution in [3.05, 3.63) is 0 Å². The zero-order chi connectivity index (χ0) is 3.58. The van der Waals surface area contributed by atoms with Crippen molar-refractivity contribution in [2.75, 3.05) is 0 Å². The molecule has 0 heterocycles. The molecule has 4 heavy (non-hydrogen) atoms. The molecular formula is Cl3Sb+2. The Labute approximate surface area is 43.0 Å². The van der Waals surface area contributed by atoms with E-state index in [1.165, 1.54) is 0 Å². The van der Waals surface area contributed by atoms with Crippen LogP contribution in [-0.4, -0.2) is 16.8 Å². The van der Waals surface area contributed by atoms with Crippen LogP contribution in [0.25, 0.3) is 0 Å². The molecule has 0 saturated carbocycles. The first-order valence-electron chi connectivity index (χ1n) is 0.507. The average Bonchev–Trinajstić information content (AvgIpc) is 0.811. The molecule has 0 bridgehead atoms. The standard InChI is InChI=1S/3ClH.Sb/h3*1H;/q;;;+5/p-3. The van der Waals surface area contributed by atoms with Crippen LogP contribution in [-0.2, 0) is 0 Å². The molecule has 0 N–H and O–H groups in total. The molecule has 0 aliphatic carbocycles. The summed E-state index contributed by atoms with van der Waals surface area (Å²) in [4.78, 5) is 0. The van der Waals surface area contributed by atoms with Crippen LogP contribution >= 0.6 is 26.5 Å². The Balaban J connectivity index is 2.32. The van der Waals surface area contributed by atoms with Crippen molar-refractivity contribution in [1.82, 2.24) is 0 Å². The topological polar surface area (TPSA) is 0 Å². The first kappa shape index (κ1) is 5.69. The van der Waals surface area contributed by atoms with E-state index in [-0.39, 0.29) is 0 Å². The van der Waals surface area contributed by atoms with Gasteiger partial charge in [-0.1, -0.05) is 0 Å². The second-order valence-electron chi connectivity index (χ2n) is 0.192. The van der Waals surface area contributed by atoms with Gasteiger partial charge in [-0.15, -0.1) is 0 Å². The predicted octanol–water partition coefficient (Wildman–Crippen LogP) is 1.69. The zero-order valence-corrected chi connectivity index (χ0v) is 6.40. The first-order chi connectivity index (χ1) is 1.73. The normalized spacial score (nSPS) is 6.75. The van der Waals surface area contributed by atoms with Crippen LogP contribution in [0.2, 0.25) is 0 Å². The Bertz CT molecular complexity index is 8.00. The summed E-state index contributed by atoms with van der Waals surface area (Å²) in [7, 11) is 15.0. The number of hydrogen-bond acceptors (Lipinski definition) is 0. The summed E-state index contributed by atoms with van der Waals surface area (Å²) in [5.41, 5.74) is 0. The van der Waals surface area contributed by atoms with Gasteiger partial charge in [-0.05, 0) is 0 Å². The summed E-state index contributed by atoms with van der Waals surface area (Å²) in [6.07, 6.45) is 0. The average molecular weight is 228 g/mol. The van der Waals surface area contributed by atoms with E-state index in [9.17, 15) is 0 Å². The summed E-state index contributed by atoms with van der Waals surface area (Å²) in [5, 5.41) is 0. The summed E-state index contributed by atoms with van der Waals surface area (Å²) in [6.45, 7) is 0. The molecule has 0 amide bonds. The molecule has 0 aromatic rings. The minimum atomic E-state index is -2.03. The van der Waals surface area contributed by atoms with Crippen molar-refractivity contribution in [3.8, 4) is 0 Å². The van der Waals surface area contributed by atoms with Gasteiger partial charge in [-0.3, -0.25) is 0 Å². The van der Waals surface area contributed by atoms with Crippen LogP contribution in [0.15, 0.2) is 0 Å². The van der Waals surface area contributed by atoms with Crippen molar-refractivity contribution in [2.24, 2.45) is 0 Å². The number of hydrogen-bond donors (Lipinski definition) is 0. The zero-order valence-electron chi connectivity index (χ0n) is 1.58. The van der Waals surface area contributed by atoms with Crippen LogP contribution in [0, 0.1) is 0 Å². The summed E-state index contributed by atoms with van der Waals surface area (Å²) in [6, 6.07) is 0. The van der Waals surface area contributed by atoms with Crippen LogP contribution in [0.1, 0.15) is 0 Å². The fourth-order valence-corrected chi connectivity index (χ4v) is 0. The Morgan fingerprint density at radius 3 is 1.00 bits per heavy atom. The fourth-order valence-electron chi connectivity index (χ4n) is 0. The van der Waals surface area contributed by atoms with E-state index < -0.39 is 16.8 Å². The van der Waals surface area contributed by atoms with Crippen molar-refractivity contribution in [1.29, 1.82) is 0 Å². The molecule has 24 valence electrons. The number of halogens is 3. The predicted molar refractivity (Wildman–Crippen MR) is 23.3 cm³/mol. The van der Waals surface area contributed by atoms with Crippen LogP contribution in [0.4, 0.5) is 0 Å². The van der Waals surface area contributed by atoms with E-state index in [4.69, 9.17) is 26.5 Å². The molecule has 0 nitrogen and oxygen atoms in total. The number of rotatable bonds is 0. The van der Waals surface area contributed by atoms with Gasteiger partial charge in [0.1, 0.15) is 0 Å². The van der Waals surface area contributed by atoms with Gasteiger partial charge in [0.05, 0.1) is 0 Å². The molecule has 0 aliphatic rings. The maximum absolute atomic E-state index is 4.99. The Morgan fingerprint density at radius 1 is 1.00 bits per heavy atom. The van der Waals surface area contributed by atoms with Gasteiger partial charge in [0.2, 0.25) is 0 Å². The monoisotopic (exact) mass is 226 g/mol. The molecule has 0 aromatic heterocycles. The maximum atomic E-state index is 4.99. The molecule has 0 spiro atoms. The third-order valence-electron chi connectivity index (χ3n) is 0. The second kappa shape index (κ2) is 2.90. The second-order valence-corrected chi connectivity index (χ2v) is 11.6. The third-order valence-corrected chi connectivity index (χ3v) is 0. The van der Waals surface area contributed by atoms with Crippen molar-refractivity contribution < 1.29 is 0 Å². The van der Waals surface area contributed by atoms with Gasteiger partial charge >= 0.3 is 43.3 Å². The Hall–Kier alpha value is 1.69. The summed E-state index contributed by atoms with van der Waals surface area (Å²) in [5.74, 6) is 0. The van der Waals surface area contributed by atoms with E-state index in [1.54, 1.807) is 0 Å². The van der Waals surface area contributed by atoms with Crippen LogP contribution in [0.3, 0.4) is 0 Å². The van der Waals surface area contributed by atoms with Gasteiger partial charge < -0.3 is 0 Å². The van der Waals surface area contributed by atoms with Gasteiger partial charge in [0, 0.05) is 0 Å². The van der Waals surface area contributed by atoms with E-state index in [2.05, 4.69) is 0 Å². The molecule has 0 unspecified atom stereocenters. The molecule has 4 heteroatoms. The van der Waals surface area contributed by atoms with E-state index >= 15 is 0 Å².